The number of rotatable bonds is 4. The molecular weight excluding hydrogens is 329 g/mol. The Morgan fingerprint density at radius 1 is 1.12 bits per heavy atom. The molecule has 1 aliphatic rings. The number of carbonyl (C=O) groups is 1. The van der Waals surface area contributed by atoms with Crippen LogP contribution in [0.25, 0.3) is 0 Å². The van der Waals surface area contributed by atoms with Gasteiger partial charge in [0.15, 0.2) is 0 Å². The fourth-order valence-corrected chi connectivity index (χ4v) is 3.61. The predicted octanol–water partition coefficient (Wildman–Crippen LogP) is 3.87. The largest absolute Gasteiger partial charge is 0.348 e. The van der Waals surface area contributed by atoms with Crippen LogP contribution in [0.15, 0.2) is 60.9 Å². The number of hydrogen-bond acceptors (Lipinski definition) is 2. The highest BCUT2D eigenvalue weighted by molar-refractivity contribution is 5.84. The van der Waals surface area contributed by atoms with E-state index in [2.05, 4.69) is 15.3 Å². The van der Waals surface area contributed by atoms with Gasteiger partial charge in [0.05, 0.1) is 24.0 Å². The molecule has 4 nitrogen and oxygen atoms in total. The number of nitrogens with zero attached hydrogens (tertiary/aromatic N) is 1. The monoisotopic (exact) mass is 349 g/mol. The first-order valence-electron chi connectivity index (χ1n) is 8.85. The van der Waals surface area contributed by atoms with Crippen LogP contribution in [0.3, 0.4) is 0 Å². The minimum absolute atomic E-state index is 0.0452. The Morgan fingerprint density at radius 2 is 1.85 bits per heavy atom. The molecule has 2 aromatic carbocycles. The molecule has 26 heavy (non-hydrogen) atoms. The molecule has 4 rings (SSSR count). The molecule has 2 atom stereocenters. The summed E-state index contributed by atoms with van der Waals surface area (Å²) in [5, 5.41) is 3.15. The molecule has 0 bridgehead atoms. The Balaban J connectivity index is 1.63. The number of benzene rings is 2. The molecule has 0 aliphatic heterocycles. The number of aromatic nitrogens is 2. The highest BCUT2D eigenvalue weighted by Gasteiger charge is 2.30. The first-order chi connectivity index (χ1) is 12.7. The van der Waals surface area contributed by atoms with Crippen LogP contribution in [-0.4, -0.2) is 15.9 Å². The Kier molecular flexibility index (Phi) is 4.52. The van der Waals surface area contributed by atoms with Crippen molar-refractivity contribution >= 4 is 5.91 Å². The van der Waals surface area contributed by atoms with E-state index in [-0.39, 0.29) is 23.7 Å². The Hall–Kier alpha value is -2.95. The van der Waals surface area contributed by atoms with E-state index >= 15 is 0 Å². The second kappa shape index (κ2) is 7.12. The summed E-state index contributed by atoms with van der Waals surface area (Å²) in [7, 11) is 0. The van der Waals surface area contributed by atoms with Gasteiger partial charge in [-0.1, -0.05) is 42.5 Å². The van der Waals surface area contributed by atoms with Crippen LogP contribution in [0.1, 0.15) is 47.3 Å². The Labute approximate surface area is 151 Å². The van der Waals surface area contributed by atoms with E-state index in [9.17, 15) is 9.18 Å². The molecule has 0 saturated heterocycles. The summed E-state index contributed by atoms with van der Waals surface area (Å²) in [6.45, 7) is 0. The summed E-state index contributed by atoms with van der Waals surface area (Å²) in [5.74, 6) is -0.590. The molecule has 1 amide bonds. The molecular formula is C21H20FN3O. The van der Waals surface area contributed by atoms with Crippen LogP contribution in [-0.2, 0) is 11.2 Å². The van der Waals surface area contributed by atoms with Crippen LogP contribution in [0.2, 0.25) is 0 Å². The molecule has 0 unspecified atom stereocenters. The van der Waals surface area contributed by atoms with E-state index < -0.39 is 0 Å². The van der Waals surface area contributed by atoms with Gasteiger partial charge >= 0.3 is 0 Å². The minimum Gasteiger partial charge on any atom is -0.348 e. The number of aromatic amines is 1. The lowest BCUT2D eigenvalue weighted by Crippen LogP contribution is -2.35. The average molecular weight is 349 g/mol. The summed E-state index contributed by atoms with van der Waals surface area (Å²) in [4.78, 5) is 20.5. The van der Waals surface area contributed by atoms with Crippen LogP contribution in [0, 0.1) is 5.82 Å². The summed E-state index contributed by atoms with van der Waals surface area (Å²) in [5.41, 5.74) is 3.71. The fourth-order valence-electron chi connectivity index (χ4n) is 3.61. The van der Waals surface area contributed by atoms with Crippen molar-refractivity contribution in [2.45, 2.75) is 31.2 Å². The number of aryl methyl sites for hydroxylation is 1. The van der Waals surface area contributed by atoms with E-state index in [1.54, 1.807) is 18.5 Å². The van der Waals surface area contributed by atoms with Crippen molar-refractivity contribution in [2.75, 3.05) is 0 Å². The number of carbonyl (C=O) groups excluding carboxylic acids is 1. The van der Waals surface area contributed by atoms with Gasteiger partial charge in [-0.15, -0.1) is 0 Å². The van der Waals surface area contributed by atoms with Crippen LogP contribution in [0.4, 0.5) is 4.39 Å². The molecule has 3 aromatic rings. The van der Waals surface area contributed by atoms with Crippen molar-refractivity contribution in [2.24, 2.45) is 0 Å². The van der Waals surface area contributed by atoms with Gasteiger partial charge in [0.25, 0.3) is 0 Å². The molecule has 1 heterocycles. The van der Waals surface area contributed by atoms with Crippen molar-refractivity contribution < 1.29 is 9.18 Å². The highest BCUT2D eigenvalue weighted by Crippen LogP contribution is 2.31. The number of nitrogens with one attached hydrogen (secondary N) is 2. The molecule has 1 aromatic heterocycles. The normalized spacial score (nSPS) is 17.3. The molecule has 2 N–H and O–H groups in total. The molecule has 1 aliphatic carbocycles. The first-order valence-corrected chi connectivity index (χ1v) is 8.85. The standard InChI is InChI=1S/C21H20FN3O/c22-16-11-9-15(10-12-16)19(14-5-2-1-3-6-14)25-21(26)17-7-4-8-18-20(17)24-13-23-18/h1-3,5-6,9-13,17,19H,4,7-8H2,(H,23,24)(H,25,26)/t17-,19-/m0/s1. The lowest BCUT2D eigenvalue weighted by atomic mass is 9.88. The van der Waals surface area contributed by atoms with Gasteiger partial charge in [-0.3, -0.25) is 4.79 Å². The molecule has 5 heteroatoms. The van der Waals surface area contributed by atoms with Crippen molar-refractivity contribution in [1.29, 1.82) is 0 Å². The quantitative estimate of drug-likeness (QED) is 0.751. The predicted molar refractivity (Wildman–Crippen MR) is 97.1 cm³/mol. The van der Waals surface area contributed by atoms with Gasteiger partial charge in [-0.05, 0) is 42.5 Å². The van der Waals surface area contributed by atoms with Crippen molar-refractivity contribution in [3.63, 3.8) is 0 Å². The van der Waals surface area contributed by atoms with Crippen molar-refractivity contribution in [3.05, 3.63) is 89.3 Å². The van der Waals surface area contributed by atoms with Gasteiger partial charge in [0.1, 0.15) is 5.82 Å². The summed E-state index contributed by atoms with van der Waals surface area (Å²) >= 11 is 0. The number of halogens is 1. The van der Waals surface area contributed by atoms with E-state index in [0.717, 1.165) is 41.8 Å². The zero-order valence-electron chi connectivity index (χ0n) is 14.3. The minimum atomic E-state index is -0.325. The third kappa shape index (κ3) is 3.25. The maximum absolute atomic E-state index is 13.3. The average Bonchev–Trinajstić information content (AvgIpc) is 3.16. The smallest absolute Gasteiger partial charge is 0.229 e. The lowest BCUT2D eigenvalue weighted by molar-refractivity contribution is -0.123. The second-order valence-corrected chi connectivity index (χ2v) is 6.61. The number of hydrogen-bond donors (Lipinski definition) is 2. The van der Waals surface area contributed by atoms with Gasteiger partial charge in [0, 0.05) is 5.69 Å². The zero-order chi connectivity index (χ0) is 17.9. The zero-order valence-corrected chi connectivity index (χ0v) is 14.3. The number of imidazole rings is 1. The number of fused-ring (bicyclic) bond motifs is 1. The third-order valence-corrected chi connectivity index (χ3v) is 4.94. The molecule has 0 saturated carbocycles. The van der Waals surface area contributed by atoms with Gasteiger partial charge in [-0.25, -0.2) is 9.37 Å². The van der Waals surface area contributed by atoms with E-state index in [0.29, 0.717) is 0 Å². The maximum atomic E-state index is 13.3. The second-order valence-electron chi connectivity index (χ2n) is 6.61. The SMILES string of the molecule is O=C(N[C@@H](c1ccccc1)c1ccc(F)cc1)[C@H]1CCCc2[nH]cnc21. The molecule has 0 fully saturated rings. The Morgan fingerprint density at radius 3 is 2.62 bits per heavy atom. The Bertz CT molecular complexity index is 889. The topological polar surface area (TPSA) is 57.8 Å². The number of H-pyrrole nitrogens is 1. The van der Waals surface area contributed by atoms with Crippen LogP contribution >= 0.6 is 0 Å². The summed E-state index contributed by atoms with van der Waals surface area (Å²) in [6, 6.07) is 15.7. The third-order valence-electron chi connectivity index (χ3n) is 4.94. The summed E-state index contributed by atoms with van der Waals surface area (Å²) < 4.78 is 13.3. The van der Waals surface area contributed by atoms with Gasteiger partial charge in [0.2, 0.25) is 5.91 Å². The summed E-state index contributed by atoms with van der Waals surface area (Å²) in [6.07, 6.45) is 4.33. The fraction of sp³-hybridized carbons (Fsp3) is 0.238. The lowest BCUT2D eigenvalue weighted by Gasteiger charge is -2.25. The number of amides is 1. The molecule has 0 spiro atoms. The van der Waals surface area contributed by atoms with Crippen molar-refractivity contribution in [1.82, 2.24) is 15.3 Å². The highest BCUT2D eigenvalue weighted by atomic mass is 19.1. The van der Waals surface area contributed by atoms with E-state index in [4.69, 9.17) is 0 Å². The van der Waals surface area contributed by atoms with Crippen molar-refractivity contribution in [3.8, 4) is 0 Å². The van der Waals surface area contributed by atoms with Crippen LogP contribution in [0.5, 0.6) is 0 Å². The van der Waals surface area contributed by atoms with E-state index in [1.807, 2.05) is 30.3 Å². The molecule has 132 valence electrons. The first kappa shape index (κ1) is 16.5. The van der Waals surface area contributed by atoms with Gasteiger partial charge in [-0.2, -0.15) is 0 Å². The van der Waals surface area contributed by atoms with Crippen LogP contribution < -0.4 is 5.32 Å². The van der Waals surface area contributed by atoms with Gasteiger partial charge < -0.3 is 10.3 Å². The maximum Gasteiger partial charge on any atom is 0.229 e. The molecule has 0 radical (unpaired) electrons. The van der Waals surface area contributed by atoms with E-state index in [1.165, 1.54) is 12.1 Å².